The van der Waals surface area contributed by atoms with Crippen molar-refractivity contribution in [2.45, 2.75) is 19.7 Å². The number of methoxy groups -OCH3 is 1. The van der Waals surface area contributed by atoms with Crippen molar-refractivity contribution in [3.8, 4) is 0 Å². The van der Waals surface area contributed by atoms with Crippen LogP contribution in [-0.2, 0) is 24.4 Å². The van der Waals surface area contributed by atoms with E-state index in [9.17, 15) is 0 Å². The second kappa shape index (κ2) is 6.64. The van der Waals surface area contributed by atoms with Gasteiger partial charge in [0.1, 0.15) is 6.61 Å². The van der Waals surface area contributed by atoms with Gasteiger partial charge in [0.05, 0.1) is 12.1 Å². The van der Waals surface area contributed by atoms with Crippen molar-refractivity contribution in [1.29, 1.82) is 0 Å². The van der Waals surface area contributed by atoms with Crippen molar-refractivity contribution < 1.29 is 9.26 Å². The molecule has 0 N–H and O–H groups in total. The topological polar surface area (TPSA) is 64.3 Å². The molecule has 0 bridgehead atoms. The first-order valence-electron chi connectivity index (χ1n) is 7.07. The summed E-state index contributed by atoms with van der Waals surface area (Å²) in [6, 6.07) is 10.3. The number of hydrogen-bond acceptors (Lipinski definition) is 6. The molecule has 0 atom stereocenters. The Morgan fingerprint density at radius 3 is 2.95 bits per heavy atom. The van der Waals surface area contributed by atoms with Gasteiger partial charge in [0, 0.05) is 25.2 Å². The first-order valence-corrected chi connectivity index (χ1v) is 7.07. The molecule has 0 amide bonds. The van der Waals surface area contributed by atoms with E-state index in [1.54, 1.807) is 7.11 Å². The molecule has 0 aliphatic rings. The lowest BCUT2D eigenvalue weighted by Gasteiger charge is -2.14. The Balaban J connectivity index is 1.65. The van der Waals surface area contributed by atoms with Crippen molar-refractivity contribution >= 4 is 10.9 Å². The van der Waals surface area contributed by atoms with Gasteiger partial charge in [-0.15, -0.1) is 0 Å². The lowest BCUT2D eigenvalue weighted by molar-refractivity contribution is 0.151. The van der Waals surface area contributed by atoms with Crippen LogP contribution in [0.5, 0.6) is 0 Å². The zero-order valence-electron chi connectivity index (χ0n) is 12.7. The molecule has 0 saturated heterocycles. The smallest absolute Gasteiger partial charge is 0.252 e. The first-order chi connectivity index (χ1) is 10.7. The van der Waals surface area contributed by atoms with Crippen molar-refractivity contribution in [3.05, 3.63) is 53.8 Å². The minimum Gasteiger partial charge on any atom is -0.375 e. The van der Waals surface area contributed by atoms with Crippen molar-refractivity contribution in [2.24, 2.45) is 0 Å². The summed E-state index contributed by atoms with van der Waals surface area (Å²) in [5.41, 5.74) is 2.16. The van der Waals surface area contributed by atoms with E-state index in [2.05, 4.69) is 32.2 Å². The third kappa shape index (κ3) is 3.47. The van der Waals surface area contributed by atoms with Crippen LogP contribution >= 0.6 is 0 Å². The van der Waals surface area contributed by atoms with Crippen LogP contribution in [0.4, 0.5) is 0 Å². The normalized spacial score (nSPS) is 11.4. The maximum Gasteiger partial charge on any atom is 0.252 e. The molecule has 1 aromatic carbocycles. The number of hydrogen-bond donors (Lipinski definition) is 0. The van der Waals surface area contributed by atoms with E-state index in [0.29, 0.717) is 24.9 Å². The monoisotopic (exact) mass is 298 g/mol. The highest BCUT2D eigenvalue weighted by Gasteiger charge is 2.09. The first kappa shape index (κ1) is 14.6. The van der Waals surface area contributed by atoms with Gasteiger partial charge in [-0.3, -0.25) is 9.88 Å². The van der Waals surface area contributed by atoms with E-state index >= 15 is 0 Å². The molecule has 22 heavy (non-hydrogen) atoms. The predicted octanol–water partition coefficient (Wildman–Crippen LogP) is 2.40. The Labute approximate surface area is 128 Å². The predicted molar refractivity (Wildman–Crippen MR) is 81.9 cm³/mol. The third-order valence-corrected chi connectivity index (χ3v) is 3.29. The quantitative estimate of drug-likeness (QED) is 0.696. The highest BCUT2D eigenvalue weighted by molar-refractivity contribution is 5.78. The summed E-state index contributed by atoms with van der Waals surface area (Å²) < 4.78 is 10.1. The molecule has 2 aromatic heterocycles. The summed E-state index contributed by atoms with van der Waals surface area (Å²) in [5, 5.41) is 5.09. The summed E-state index contributed by atoms with van der Waals surface area (Å²) in [4.78, 5) is 10.9. The van der Waals surface area contributed by atoms with Gasteiger partial charge in [0.2, 0.25) is 0 Å². The average Bonchev–Trinajstić information content (AvgIpc) is 2.94. The summed E-state index contributed by atoms with van der Waals surface area (Å²) in [7, 11) is 3.62. The number of pyridine rings is 1. The Morgan fingerprint density at radius 1 is 1.23 bits per heavy atom. The molecule has 6 nitrogen and oxygen atoms in total. The molecule has 0 unspecified atom stereocenters. The van der Waals surface area contributed by atoms with Gasteiger partial charge in [-0.1, -0.05) is 23.4 Å². The molecular formula is C16H18N4O2. The number of ether oxygens (including phenoxy) is 1. The number of para-hydroxylation sites is 1. The zero-order valence-corrected chi connectivity index (χ0v) is 12.7. The summed E-state index contributed by atoms with van der Waals surface area (Å²) in [5.74, 6) is 1.15. The van der Waals surface area contributed by atoms with E-state index in [4.69, 9.17) is 9.26 Å². The fraction of sp³-hybridized carbons (Fsp3) is 0.312. The summed E-state index contributed by atoms with van der Waals surface area (Å²) >= 11 is 0. The van der Waals surface area contributed by atoms with Crippen molar-refractivity contribution in [3.63, 3.8) is 0 Å². The van der Waals surface area contributed by atoms with Crippen LogP contribution < -0.4 is 0 Å². The van der Waals surface area contributed by atoms with E-state index in [1.165, 1.54) is 0 Å². The van der Waals surface area contributed by atoms with Crippen LogP contribution in [-0.4, -0.2) is 34.2 Å². The van der Waals surface area contributed by atoms with Crippen LogP contribution in [0.3, 0.4) is 0 Å². The molecule has 3 rings (SSSR count). The van der Waals surface area contributed by atoms with Crippen LogP contribution in [0.2, 0.25) is 0 Å². The van der Waals surface area contributed by atoms with Crippen LogP contribution in [0, 0.1) is 0 Å². The second-order valence-electron chi connectivity index (χ2n) is 5.25. The zero-order chi connectivity index (χ0) is 15.4. The number of aromatic nitrogens is 3. The van der Waals surface area contributed by atoms with E-state index in [0.717, 1.165) is 23.0 Å². The highest BCUT2D eigenvalue weighted by atomic mass is 16.5. The molecule has 0 aliphatic carbocycles. The molecule has 0 fully saturated rings. The maximum absolute atomic E-state index is 5.09. The second-order valence-corrected chi connectivity index (χ2v) is 5.25. The third-order valence-electron chi connectivity index (χ3n) is 3.29. The molecule has 0 aliphatic heterocycles. The molecule has 6 heteroatoms. The number of rotatable bonds is 6. The fourth-order valence-corrected chi connectivity index (χ4v) is 2.35. The maximum atomic E-state index is 5.09. The van der Waals surface area contributed by atoms with Crippen molar-refractivity contribution in [1.82, 2.24) is 20.0 Å². The molecular weight excluding hydrogens is 280 g/mol. The van der Waals surface area contributed by atoms with Crippen molar-refractivity contribution in [2.75, 3.05) is 14.2 Å². The molecule has 0 saturated carbocycles. The number of fused-ring (bicyclic) bond motifs is 1. The van der Waals surface area contributed by atoms with Crippen LogP contribution in [0.15, 0.2) is 41.1 Å². The van der Waals surface area contributed by atoms with E-state index < -0.39 is 0 Å². The van der Waals surface area contributed by atoms with Gasteiger partial charge < -0.3 is 9.26 Å². The lowest BCUT2D eigenvalue weighted by atomic mass is 10.1. The number of benzene rings is 1. The van der Waals surface area contributed by atoms with Crippen LogP contribution in [0.1, 0.15) is 17.3 Å². The molecule has 0 radical (unpaired) electrons. The Kier molecular flexibility index (Phi) is 4.41. The van der Waals surface area contributed by atoms with Gasteiger partial charge in [-0.2, -0.15) is 4.98 Å². The Hall–Kier alpha value is -2.31. The molecule has 114 valence electrons. The molecule has 0 spiro atoms. The summed E-state index contributed by atoms with van der Waals surface area (Å²) in [6.07, 6.45) is 1.91. The largest absolute Gasteiger partial charge is 0.375 e. The summed E-state index contributed by atoms with van der Waals surface area (Å²) in [6.45, 7) is 1.72. The van der Waals surface area contributed by atoms with E-state index in [-0.39, 0.29) is 0 Å². The Bertz CT molecular complexity index is 756. The van der Waals surface area contributed by atoms with Gasteiger partial charge in [0.15, 0.2) is 5.82 Å². The number of nitrogens with zero attached hydrogens (tertiary/aromatic N) is 4. The molecule has 3 aromatic rings. The fourth-order valence-electron chi connectivity index (χ4n) is 2.35. The SMILES string of the molecule is COCc1nc(CN(C)Cc2cnc3ccccc3c2)no1. The standard InChI is InChI=1S/C16H18N4O2/c1-20(10-15-18-16(11-21-2)22-19-15)9-12-7-13-5-3-4-6-14(13)17-8-12/h3-8H,9-11H2,1-2H3. The Morgan fingerprint density at radius 2 is 2.09 bits per heavy atom. The minimum atomic E-state index is 0.339. The van der Waals surface area contributed by atoms with E-state index in [1.807, 2.05) is 31.4 Å². The van der Waals surface area contributed by atoms with Gasteiger partial charge in [0.25, 0.3) is 5.89 Å². The lowest BCUT2D eigenvalue weighted by Crippen LogP contribution is -2.18. The van der Waals surface area contributed by atoms with Crippen LogP contribution in [0.25, 0.3) is 10.9 Å². The highest BCUT2D eigenvalue weighted by Crippen LogP contribution is 2.14. The van der Waals surface area contributed by atoms with Gasteiger partial charge >= 0.3 is 0 Å². The van der Waals surface area contributed by atoms with Gasteiger partial charge in [-0.05, 0) is 24.7 Å². The minimum absolute atomic E-state index is 0.339. The average molecular weight is 298 g/mol. The molecule has 2 heterocycles. The van der Waals surface area contributed by atoms with Gasteiger partial charge in [-0.25, -0.2) is 0 Å².